The summed E-state index contributed by atoms with van der Waals surface area (Å²) in [6.07, 6.45) is 0.196. The Balaban J connectivity index is 3.09. The van der Waals surface area contributed by atoms with E-state index in [-0.39, 0.29) is 23.3 Å². The third-order valence-corrected chi connectivity index (χ3v) is 1.57. The fourth-order valence-electron chi connectivity index (χ4n) is 0.911. The Hall–Kier alpha value is -1.84. The van der Waals surface area contributed by atoms with Crippen molar-refractivity contribution in [2.45, 2.75) is 0 Å². The van der Waals surface area contributed by atoms with E-state index in [0.29, 0.717) is 0 Å². The molecule has 1 rings (SSSR count). The van der Waals surface area contributed by atoms with Crippen LogP contribution >= 0.6 is 0 Å². The number of aromatic hydroxyl groups is 1. The van der Waals surface area contributed by atoms with Crippen molar-refractivity contribution in [2.24, 2.45) is 0 Å². The Labute approximate surface area is 74.8 Å². The molecule has 0 saturated heterocycles. The molecule has 0 atom stereocenters. The maximum Gasteiger partial charge on any atom is 0.225 e. The van der Waals surface area contributed by atoms with Gasteiger partial charge in [0, 0.05) is 5.56 Å². The first-order chi connectivity index (χ1) is 6.19. The highest BCUT2D eigenvalue weighted by Gasteiger charge is 2.07. The molecule has 0 spiro atoms. The van der Waals surface area contributed by atoms with Crippen LogP contribution in [0.5, 0.6) is 11.5 Å². The van der Waals surface area contributed by atoms with Gasteiger partial charge in [0.05, 0.1) is 7.11 Å². The quantitative estimate of drug-likeness (QED) is 0.424. The lowest BCUT2D eigenvalue weighted by Crippen LogP contribution is -1.99. The van der Waals surface area contributed by atoms with Crippen LogP contribution in [-0.2, 0) is 4.79 Å². The Bertz CT molecular complexity index is 343. The summed E-state index contributed by atoms with van der Waals surface area (Å²) in [5.74, 6) is -0.560. The molecular formula is C9H8O4. The molecule has 0 saturated carbocycles. The maximum atomic E-state index is 10.8. The zero-order valence-corrected chi connectivity index (χ0v) is 6.98. The zero-order valence-electron chi connectivity index (χ0n) is 6.98. The second kappa shape index (κ2) is 3.71. The summed E-state index contributed by atoms with van der Waals surface area (Å²) in [7, 11) is 1.40. The van der Waals surface area contributed by atoms with Crippen molar-refractivity contribution in [2.75, 3.05) is 7.11 Å². The van der Waals surface area contributed by atoms with Crippen molar-refractivity contribution < 1.29 is 19.4 Å². The summed E-state index contributed by atoms with van der Waals surface area (Å²) in [4.78, 5) is 21.0. The first kappa shape index (κ1) is 9.25. The van der Waals surface area contributed by atoms with E-state index in [2.05, 4.69) is 0 Å². The number of carbonyl (C=O) groups is 2. The van der Waals surface area contributed by atoms with Crippen LogP contribution in [-0.4, -0.2) is 24.3 Å². The minimum atomic E-state index is -0.669. The van der Waals surface area contributed by atoms with Gasteiger partial charge in [-0.15, -0.1) is 0 Å². The Morgan fingerprint density at radius 2 is 2.23 bits per heavy atom. The lowest BCUT2D eigenvalue weighted by atomic mass is 10.1. The first-order valence-electron chi connectivity index (χ1n) is 3.55. The Morgan fingerprint density at radius 1 is 1.54 bits per heavy atom. The average molecular weight is 180 g/mol. The Morgan fingerprint density at radius 3 is 2.69 bits per heavy atom. The molecule has 1 N–H and O–H groups in total. The van der Waals surface area contributed by atoms with Crippen LogP contribution in [0.25, 0.3) is 0 Å². The van der Waals surface area contributed by atoms with Gasteiger partial charge in [-0.2, -0.15) is 0 Å². The molecule has 1 aromatic rings. The molecular weight excluding hydrogens is 172 g/mol. The lowest BCUT2D eigenvalue weighted by molar-refractivity contribution is -0.104. The molecule has 0 aromatic heterocycles. The highest BCUT2D eigenvalue weighted by Crippen LogP contribution is 2.25. The van der Waals surface area contributed by atoms with E-state index in [1.54, 1.807) is 0 Å². The molecule has 0 heterocycles. The molecule has 68 valence electrons. The number of aldehydes is 1. The van der Waals surface area contributed by atoms with Crippen LogP contribution in [0.15, 0.2) is 18.2 Å². The van der Waals surface area contributed by atoms with Crippen molar-refractivity contribution in [1.82, 2.24) is 0 Å². The predicted octanol–water partition coefficient (Wildman–Crippen LogP) is 0.782. The summed E-state index contributed by atoms with van der Waals surface area (Å²) >= 11 is 0. The van der Waals surface area contributed by atoms with Gasteiger partial charge in [-0.3, -0.25) is 9.59 Å². The van der Waals surface area contributed by atoms with Gasteiger partial charge >= 0.3 is 0 Å². The van der Waals surface area contributed by atoms with Gasteiger partial charge in [-0.05, 0) is 18.2 Å². The van der Waals surface area contributed by atoms with Gasteiger partial charge in [-0.1, -0.05) is 0 Å². The van der Waals surface area contributed by atoms with E-state index in [1.165, 1.54) is 25.3 Å². The average Bonchev–Trinajstić information content (AvgIpc) is 2.16. The molecule has 0 fully saturated rings. The lowest BCUT2D eigenvalue weighted by Gasteiger charge is -2.02. The summed E-state index contributed by atoms with van der Waals surface area (Å²) in [5.41, 5.74) is 0.147. The second-order valence-corrected chi connectivity index (χ2v) is 2.37. The van der Waals surface area contributed by atoms with Gasteiger partial charge in [-0.25, -0.2) is 0 Å². The molecule has 0 unspecified atom stereocenters. The van der Waals surface area contributed by atoms with Crippen LogP contribution < -0.4 is 4.74 Å². The number of ether oxygens (including phenoxy) is 1. The topological polar surface area (TPSA) is 63.6 Å². The number of benzene rings is 1. The highest BCUT2D eigenvalue weighted by atomic mass is 16.5. The van der Waals surface area contributed by atoms with Crippen LogP contribution in [0.2, 0.25) is 0 Å². The van der Waals surface area contributed by atoms with Crippen LogP contribution in [0.3, 0.4) is 0 Å². The number of carbonyl (C=O) groups excluding carboxylic acids is 2. The molecule has 4 nitrogen and oxygen atoms in total. The van der Waals surface area contributed by atoms with E-state index in [9.17, 15) is 14.7 Å². The molecule has 1 aromatic carbocycles. The largest absolute Gasteiger partial charge is 0.504 e. The van der Waals surface area contributed by atoms with Gasteiger partial charge in [0.1, 0.15) is 0 Å². The van der Waals surface area contributed by atoms with E-state index < -0.39 is 5.78 Å². The molecule has 0 aliphatic rings. The van der Waals surface area contributed by atoms with Gasteiger partial charge < -0.3 is 9.84 Å². The summed E-state index contributed by atoms with van der Waals surface area (Å²) in [6.45, 7) is 0. The van der Waals surface area contributed by atoms with Crippen LogP contribution in [0, 0.1) is 0 Å². The van der Waals surface area contributed by atoms with Crippen molar-refractivity contribution >= 4 is 12.1 Å². The number of Topliss-reactive ketones (excluding diaryl/α,β-unsaturated/α-hetero) is 1. The monoisotopic (exact) mass is 180 g/mol. The molecule has 4 heteroatoms. The van der Waals surface area contributed by atoms with Gasteiger partial charge in [0.15, 0.2) is 17.8 Å². The van der Waals surface area contributed by atoms with E-state index in [4.69, 9.17) is 4.74 Å². The van der Waals surface area contributed by atoms with Crippen LogP contribution in [0.4, 0.5) is 0 Å². The second-order valence-electron chi connectivity index (χ2n) is 2.37. The molecule has 13 heavy (non-hydrogen) atoms. The molecule has 0 amide bonds. The number of methoxy groups -OCH3 is 1. The predicted molar refractivity (Wildman–Crippen MR) is 45.1 cm³/mol. The fourth-order valence-corrected chi connectivity index (χ4v) is 0.911. The smallest absolute Gasteiger partial charge is 0.225 e. The molecule has 0 aliphatic carbocycles. The summed E-state index contributed by atoms with van der Waals surface area (Å²) in [6, 6.07) is 4.02. The summed E-state index contributed by atoms with van der Waals surface area (Å²) in [5, 5.41) is 9.24. The fraction of sp³-hybridized carbons (Fsp3) is 0.111. The van der Waals surface area contributed by atoms with E-state index in [1.807, 2.05) is 0 Å². The standard InChI is InChI=1S/C9H8O4/c1-13-9-3-2-6(4-7(9)11)8(12)5-10/h2-5,11H,1H3. The third-order valence-electron chi connectivity index (χ3n) is 1.57. The number of rotatable bonds is 3. The normalized spacial score (nSPS) is 9.31. The van der Waals surface area contributed by atoms with Gasteiger partial charge in [0.25, 0.3) is 0 Å². The number of phenolic OH excluding ortho intramolecular Hbond substituents is 1. The number of phenols is 1. The Kier molecular flexibility index (Phi) is 2.64. The van der Waals surface area contributed by atoms with Crippen molar-refractivity contribution in [1.29, 1.82) is 0 Å². The number of hydrogen-bond acceptors (Lipinski definition) is 4. The van der Waals surface area contributed by atoms with Crippen molar-refractivity contribution in [3.05, 3.63) is 23.8 Å². The number of hydrogen-bond donors (Lipinski definition) is 1. The number of ketones is 1. The highest BCUT2D eigenvalue weighted by molar-refractivity contribution is 6.33. The van der Waals surface area contributed by atoms with E-state index in [0.717, 1.165) is 0 Å². The summed E-state index contributed by atoms with van der Waals surface area (Å²) < 4.78 is 4.76. The van der Waals surface area contributed by atoms with Crippen molar-refractivity contribution in [3.8, 4) is 11.5 Å². The minimum Gasteiger partial charge on any atom is -0.504 e. The van der Waals surface area contributed by atoms with Crippen molar-refractivity contribution in [3.63, 3.8) is 0 Å². The van der Waals surface area contributed by atoms with E-state index >= 15 is 0 Å². The SMILES string of the molecule is COc1ccc(C(=O)C=O)cc1O. The van der Waals surface area contributed by atoms with Crippen LogP contribution in [0.1, 0.15) is 10.4 Å². The third kappa shape index (κ3) is 1.84. The zero-order chi connectivity index (χ0) is 9.84. The minimum absolute atomic E-state index is 0.147. The maximum absolute atomic E-state index is 10.8. The molecule has 0 bridgehead atoms. The first-order valence-corrected chi connectivity index (χ1v) is 3.55. The molecule has 0 radical (unpaired) electrons. The van der Waals surface area contributed by atoms with Gasteiger partial charge in [0.2, 0.25) is 5.78 Å². The molecule has 0 aliphatic heterocycles.